The van der Waals surface area contributed by atoms with Gasteiger partial charge in [0.1, 0.15) is 5.60 Å². The number of carbonyl (C=O) groups is 1. The number of nitrogens with one attached hydrogen (secondary N) is 1. The van der Waals surface area contributed by atoms with Gasteiger partial charge in [0, 0.05) is 25.2 Å². The summed E-state index contributed by atoms with van der Waals surface area (Å²) >= 11 is 0. The Kier molecular flexibility index (Phi) is 5.38. The fraction of sp³-hybridized carbons (Fsp3) is 0.941. The van der Waals surface area contributed by atoms with Crippen LogP contribution in [0.1, 0.15) is 60.3 Å². The van der Waals surface area contributed by atoms with Crippen molar-refractivity contribution in [3.8, 4) is 0 Å². The number of amides is 1. The Morgan fingerprint density at radius 3 is 2.45 bits per heavy atom. The predicted molar refractivity (Wildman–Crippen MR) is 87.0 cm³/mol. The molecule has 2 heterocycles. The van der Waals surface area contributed by atoms with E-state index in [-0.39, 0.29) is 11.6 Å². The van der Waals surface area contributed by atoms with Crippen molar-refractivity contribution in [2.75, 3.05) is 19.6 Å². The average molecular weight is 312 g/mol. The first-order chi connectivity index (χ1) is 10.2. The maximum Gasteiger partial charge on any atom is 0.410 e. The van der Waals surface area contributed by atoms with Crippen molar-refractivity contribution in [3.05, 3.63) is 0 Å². The number of likely N-dealkylation sites (tertiary alicyclic amines) is 1. The van der Waals surface area contributed by atoms with Crippen molar-refractivity contribution in [1.82, 2.24) is 10.2 Å². The van der Waals surface area contributed by atoms with Crippen molar-refractivity contribution >= 4 is 6.09 Å². The van der Waals surface area contributed by atoms with Crippen LogP contribution in [-0.4, -0.2) is 54.0 Å². The monoisotopic (exact) mass is 312 g/mol. The molecule has 0 aliphatic carbocycles. The Balaban J connectivity index is 1.74. The van der Waals surface area contributed by atoms with E-state index >= 15 is 0 Å². The van der Waals surface area contributed by atoms with E-state index in [1.807, 2.05) is 25.7 Å². The molecule has 0 aromatic heterocycles. The normalized spacial score (nSPS) is 28.7. The summed E-state index contributed by atoms with van der Waals surface area (Å²) in [6, 6.07) is 0. The number of hydrogen-bond donors (Lipinski definition) is 1. The van der Waals surface area contributed by atoms with Crippen LogP contribution in [0.15, 0.2) is 0 Å². The summed E-state index contributed by atoms with van der Waals surface area (Å²) in [7, 11) is 0. The predicted octanol–water partition coefficient (Wildman–Crippen LogP) is 2.93. The van der Waals surface area contributed by atoms with E-state index in [4.69, 9.17) is 9.47 Å². The van der Waals surface area contributed by atoms with Crippen LogP contribution in [0.2, 0.25) is 0 Å². The summed E-state index contributed by atoms with van der Waals surface area (Å²) in [5.74, 6) is 0. The summed E-state index contributed by atoms with van der Waals surface area (Å²) < 4.78 is 11.3. The zero-order chi connectivity index (χ0) is 16.4. The Morgan fingerprint density at radius 2 is 1.95 bits per heavy atom. The van der Waals surface area contributed by atoms with E-state index in [1.54, 1.807) is 0 Å². The maximum absolute atomic E-state index is 12.1. The average Bonchev–Trinajstić information content (AvgIpc) is 2.81. The van der Waals surface area contributed by atoms with Gasteiger partial charge in [0.25, 0.3) is 0 Å². The number of nitrogens with zero attached hydrogens (tertiary/aromatic N) is 1. The third-order valence-corrected chi connectivity index (χ3v) is 4.60. The van der Waals surface area contributed by atoms with E-state index < -0.39 is 5.60 Å². The minimum absolute atomic E-state index is 0.0910. The molecule has 5 nitrogen and oxygen atoms in total. The lowest BCUT2D eigenvalue weighted by Crippen LogP contribution is -2.54. The molecule has 2 fully saturated rings. The van der Waals surface area contributed by atoms with Gasteiger partial charge in [-0.15, -0.1) is 0 Å². The Hall–Kier alpha value is -0.810. The Morgan fingerprint density at radius 1 is 1.32 bits per heavy atom. The molecule has 5 heteroatoms. The fourth-order valence-electron chi connectivity index (χ4n) is 3.08. The van der Waals surface area contributed by atoms with E-state index in [0.717, 1.165) is 45.3 Å². The lowest BCUT2D eigenvalue weighted by atomic mass is 9.89. The SMILES string of the molecule is CC1CCC(CNC2(C)CCN(C(=O)OC(C)(C)C)CC2)O1. The Labute approximate surface area is 134 Å². The van der Waals surface area contributed by atoms with Crippen LogP contribution in [0.5, 0.6) is 0 Å². The number of rotatable bonds is 3. The molecule has 1 N–H and O–H groups in total. The first-order valence-corrected chi connectivity index (χ1v) is 8.55. The number of carbonyl (C=O) groups excluding carboxylic acids is 1. The van der Waals surface area contributed by atoms with Crippen LogP contribution in [0.4, 0.5) is 4.79 Å². The second-order valence-corrected chi connectivity index (χ2v) is 8.06. The second kappa shape index (κ2) is 6.75. The third-order valence-electron chi connectivity index (χ3n) is 4.60. The van der Waals surface area contributed by atoms with Crippen LogP contribution in [0, 0.1) is 0 Å². The summed E-state index contributed by atoms with van der Waals surface area (Å²) in [5, 5.41) is 3.66. The first kappa shape index (κ1) is 17.5. The van der Waals surface area contributed by atoms with Crippen molar-refractivity contribution in [2.24, 2.45) is 0 Å². The van der Waals surface area contributed by atoms with Crippen molar-refractivity contribution in [2.45, 2.75) is 83.6 Å². The molecule has 2 aliphatic heterocycles. The van der Waals surface area contributed by atoms with Gasteiger partial charge in [0.15, 0.2) is 0 Å². The summed E-state index contributed by atoms with van der Waals surface area (Å²) in [4.78, 5) is 13.9. The lowest BCUT2D eigenvalue weighted by Gasteiger charge is -2.40. The highest BCUT2D eigenvalue weighted by Gasteiger charge is 2.34. The topological polar surface area (TPSA) is 50.8 Å². The molecule has 0 aromatic rings. The highest BCUT2D eigenvalue weighted by molar-refractivity contribution is 5.68. The first-order valence-electron chi connectivity index (χ1n) is 8.55. The van der Waals surface area contributed by atoms with Gasteiger partial charge in [-0.3, -0.25) is 0 Å². The minimum atomic E-state index is -0.424. The molecular formula is C17H32N2O3. The van der Waals surface area contributed by atoms with Crippen LogP contribution < -0.4 is 5.32 Å². The van der Waals surface area contributed by atoms with Gasteiger partial charge in [-0.1, -0.05) is 0 Å². The van der Waals surface area contributed by atoms with Crippen LogP contribution in [-0.2, 0) is 9.47 Å². The molecule has 0 aromatic carbocycles. The van der Waals surface area contributed by atoms with Gasteiger partial charge in [-0.25, -0.2) is 4.79 Å². The smallest absolute Gasteiger partial charge is 0.410 e. The van der Waals surface area contributed by atoms with Crippen LogP contribution >= 0.6 is 0 Å². The molecule has 2 aliphatic rings. The molecule has 2 atom stereocenters. The molecule has 0 radical (unpaired) electrons. The van der Waals surface area contributed by atoms with Gasteiger partial charge in [-0.2, -0.15) is 0 Å². The fourth-order valence-corrected chi connectivity index (χ4v) is 3.08. The largest absolute Gasteiger partial charge is 0.444 e. The van der Waals surface area contributed by atoms with Crippen molar-refractivity contribution in [3.63, 3.8) is 0 Å². The minimum Gasteiger partial charge on any atom is -0.444 e. The number of hydrogen-bond acceptors (Lipinski definition) is 4. The molecule has 2 saturated heterocycles. The maximum atomic E-state index is 12.1. The molecule has 2 unspecified atom stereocenters. The zero-order valence-corrected chi connectivity index (χ0v) is 14.8. The molecule has 2 rings (SSSR count). The highest BCUT2D eigenvalue weighted by atomic mass is 16.6. The number of ether oxygens (including phenoxy) is 2. The quantitative estimate of drug-likeness (QED) is 0.870. The van der Waals surface area contributed by atoms with E-state index in [2.05, 4.69) is 19.2 Å². The van der Waals surface area contributed by atoms with E-state index in [0.29, 0.717) is 12.2 Å². The molecule has 0 bridgehead atoms. The number of piperidine rings is 1. The molecule has 128 valence electrons. The summed E-state index contributed by atoms with van der Waals surface area (Å²) in [6.45, 7) is 12.5. The molecule has 1 amide bonds. The van der Waals surface area contributed by atoms with E-state index in [9.17, 15) is 4.79 Å². The highest BCUT2D eigenvalue weighted by Crippen LogP contribution is 2.25. The Bertz CT molecular complexity index is 384. The molecule has 0 spiro atoms. The van der Waals surface area contributed by atoms with Crippen molar-refractivity contribution in [1.29, 1.82) is 0 Å². The van der Waals surface area contributed by atoms with Gasteiger partial charge in [0.2, 0.25) is 0 Å². The lowest BCUT2D eigenvalue weighted by molar-refractivity contribution is 0.0130. The van der Waals surface area contributed by atoms with Gasteiger partial charge < -0.3 is 19.7 Å². The second-order valence-electron chi connectivity index (χ2n) is 8.06. The van der Waals surface area contributed by atoms with Gasteiger partial charge >= 0.3 is 6.09 Å². The summed E-state index contributed by atoms with van der Waals surface area (Å²) in [5.41, 5.74) is -0.333. The zero-order valence-electron chi connectivity index (χ0n) is 14.8. The van der Waals surface area contributed by atoms with Crippen LogP contribution in [0.25, 0.3) is 0 Å². The summed E-state index contributed by atoms with van der Waals surface area (Å²) in [6.07, 6.45) is 4.76. The standard InChI is InChI=1S/C17H32N2O3/c1-13-6-7-14(21-13)12-18-17(5)8-10-19(11-9-17)15(20)22-16(2,3)4/h13-14,18H,6-12H2,1-5H3. The third kappa shape index (κ3) is 5.13. The molecular weight excluding hydrogens is 280 g/mol. The van der Waals surface area contributed by atoms with Gasteiger partial charge in [0.05, 0.1) is 12.2 Å². The van der Waals surface area contributed by atoms with E-state index in [1.165, 1.54) is 0 Å². The van der Waals surface area contributed by atoms with Crippen molar-refractivity contribution < 1.29 is 14.3 Å². The molecule has 22 heavy (non-hydrogen) atoms. The van der Waals surface area contributed by atoms with Gasteiger partial charge in [-0.05, 0) is 60.3 Å². The molecule has 0 saturated carbocycles. The van der Waals surface area contributed by atoms with Crippen LogP contribution in [0.3, 0.4) is 0 Å².